The average Bonchev–Trinajstić information content (AvgIpc) is 2.72. The third kappa shape index (κ3) is 2.85. The van der Waals surface area contributed by atoms with Crippen LogP contribution in [-0.4, -0.2) is 45.5 Å². The highest BCUT2D eigenvalue weighted by molar-refractivity contribution is 8.00. The van der Waals surface area contributed by atoms with Crippen LogP contribution in [0.1, 0.15) is 35.5 Å². The van der Waals surface area contributed by atoms with E-state index >= 15 is 0 Å². The Hall–Kier alpha value is -1.43. The number of carbonyl (C=O) groups is 2. The molecule has 1 N–H and O–H groups in total. The molecule has 0 radical (unpaired) electrons. The van der Waals surface area contributed by atoms with E-state index in [0.717, 1.165) is 5.75 Å². The second-order valence-corrected chi connectivity index (χ2v) is 6.59. The Kier molecular flexibility index (Phi) is 4.42. The van der Waals surface area contributed by atoms with Gasteiger partial charge in [0.05, 0.1) is 11.8 Å². The van der Waals surface area contributed by atoms with Gasteiger partial charge in [0.25, 0.3) is 5.91 Å². The highest BCUT2D eigenvalue weighted by atomic mass is 32.2. The van der Waals surface area contributed by atoms with Crippen molar-refractivity contribution in [3.63, 3.8) is 0 Å². The fourth-order valence-corrected chi connectivity index (χ4v) is 3.52. The summed E-state index contributed by atoms with van der Waals surface area (Å²) in [4.78, 5) is 25.4. The summed E-state index contributed by atoms with van der Waals surface area (Å²) in [5.74, 6) is 0.0387. The molecular formula is C14H19NO4S. The first-order chi connectivity index (χ1) is 9.41. The molecule has 2 heterocycles. The first-order valence-corrected chi connectivity index (χ1v) is 7.68. The maximum atomic E-state index is 12.7. The largest absolute Gasteiger partial charge is 0.481 e. The summed E-state index contributed by atoms with van der Waals surface area (Å²) in [7, 11) is 0. The number of aryl methyl sites for hydroxylation is 1. The summed E-state index contributed by atoms with van der Waals surface area (Å²) in [6.07, 6.45) is 1.19. The summed E-state index contributed by atoms with van der Waals surface area (Å²) >= 11 is 1.85. The minimum Gasteiger partial charge on any atom is -0.481 e. The molecule has 0 saturated carbocycles. The third-order valence-electron chi connectivity index (χ3n) is 3.72. The predicted octanol–water partition coefficient (Wildman–Crippen LogP) is 2.18. The second kappa shape index (κ2) is 5.91. The van der Waals surface area contributed by atoms with Gasteiger partial charge in [0.15, 0.2) is 0 Å². The number of furan rings is 1. The van der Waals surface area contributed by atoms with Gasteiger partial charge in [-0.25, -0.2) is 0 Å². The number of thioether (sulfide) groups is 1. The number of nitrogens with zero attached hydrogens (tertiary/aromatic N) is 1. The summed E-state index contributed by atoms with van der Waals surface area (Å²) in [6, 6.07) is 0.133. The molecule has 1 aromatic heterocycles. The van der Waals surface area contributed by atoms with Gasteiger partial charge in [-0.2, -0.15) is 11.8 Å². The van der Waals surface area contributed by atoms with Crippen LogP contribution in [-0.2, 0) is 11.2 Å². The summed E-state index contributed by atoms with van der Waals surface area (Å²) in [5.41, 5.74) is 1.11. The van der Waals surface area contributed by atoms with Gasteiger partial charge in [-0.05, 0) is 13.8 Å². The van der Waals surface area contributed by atoms with Crippen LogP contribution >= 0.6 is 11.8 Å². The molecule has 2 unspecified atom stereocenters. The van der Waals surface area contributed by atoms with Gasteiger partial charge >= 0.3 is 5.97 Å². The zero-order valence-electron chi connectivity index (χ0n) is 11.9. The normalized spacial score (nSPS) is 22.9. The molecule has 1 aliphatic heterocycles. The fourth-order valence-electron chi connectivity index (χ4n) is 2.42. The summed E-state index contributed by atoms with van der Waals surface area (Å²) in [5, 5.41) is 9.28. The number of carboxylic acid groups (broad SMARTS) is 1. The number of aliphatic carboxylic acids is 1. The summed E-state index contributed by atoms with van der Waals surface area (Å²) in [6.45, 7) is 6.59. The van der Waals surface area contributed by atoms with E-state index in [1.54, 1.807) is 6.92 Å². The van der Waals surface area contributed by atoms with Crippen LogP contribution in [0.5, 0.6) is 0 Å². The van der Waals surface area contributed by atoms with E-state index in [0.29, 0.717) is 22.9 Å². The van der Waals surface area contributed by atoms with Crippen molar-refractivity contribution in [3.8, 4) is 0 Å². The van der Waals surface area contributed by atoms with Crippen LogP contribution in [0.15, 0.2) is 10.7 Å². The van der Waals surface area contributed by atoms with Gasteiger partial charge in [0, 0.05) is 29.2 Å². The highest BCUT2D eigenvalue weighted by Gasteiger charge is 2.32. The van der Waals surface area contributed by atoms with Crippen LogP contribution in [0.4, 0.5) is 0 Å². The van der Waals surface area contributed by atoms with E-state index < -0.39 is 5.97 Å². The van der Waals surface area contributed by atoms with Crippen molar-refractivity contribution in [2.45, 2.75) is 38.5 Å². The average molecular weight is 297 g/mol. The molecule has 0 aromatic carbocycles. The zero-order chi connectivity index (χ0) is 14.9. The fraction of sp³-hybridized carbons (Fsp3) is 0.571. The van der Waals surface area contributed by atoms with Crippen LogP contribution in [0.2, 0.25) is 0 Å². The molecule has 0 aliphatic carbocycles. The number of amides is 1. The van der Waals surface area contributed by atoms with Crippen molar-refractivity contribution in [3.05, 3.63) is 23.2 Å². The molecular weight excluding hydrogens is 278 g/mol. The van der Waals surface area contributed by atoms with Crippen molar-refractivity contribution >= 4 is 23.6 Å². The molecule has 5 nitrogen and oxygen atoms in total. The number of rotatable bonds is 3. The van der Waals surface area contributed by atoms with E-state index in [9.17, 15) is 9.59 Å². The SMILES string of the molecule is Cc1coc(CC(=O)O)c1C(=O)N1CCSC(C)C1C. The predicted molar refractivity (Wildman–Crippen MR) is 77.2 cm³/mol. The number of hydrogen-bond acceptors (Lipinski definition) is 4. The smallest absolute Gasteiger partial charge is 0.311 e. The van der Waals surface area contributed by atoms with E-state index in [4.69, 9.17) is 9.52 Å². The maximum Gasteiger partial charge on any atom is 0.311 e. The number of hydrogen-bond donors (Lipinski definition) is 1. The monoisotopic (exact) mass is 297 g/mol. The van der Waals surface area contributed by atoms with E-state index in [1.165, 1.54) is 6.26 Å². The maximum absolute atomic E-state index is 12.7. The zero-order valence-corrected chi connectivity index (χ0v) is 12.7. The minimum absolute atomic E-state index is 0.118. The molecule has 1 amide bonds. The molecule has 1 aromatic rings. The topological polar surface area (TPSA) is 70.7 Å². The van der Waals surface area contributed by atoms with Gasteiger partial charge in [0.1, 0.15) is 12.2 Å². The summed E-state index contributed by atoms with van der Waals surface area (Å²) < 4.78 is 5.25. The Labute approximate surface area is 122 Å². The highest BCUT2D eigenvalue weighted by Crippen LogP contribution is 2.28. The van der Waals surface area contributed by atoms with Crippen LogP contribution in [0, 0.1) is 6.92 Å². The van der Waals surface area contributed by atoms with Crippen molar-refractivity contribution in [1.82, 2.24) is 4.90 Å². The van der Waals surface area contributed by atoms with E-state index in [2.05, 4.69) is 6.92 Å². The van der Waals surface area contributed by atoms with Crippen molar-refractivity contribution in [2.75, 3.05) is 12.3 Å². The standard InChI is InChI=1S/C14H19NO4S/c1-8-7-19-11(6-12(16)17)13(8)14(18)15-4-5-20-10(3)9(15)2/h7,9-10H,4-6H2,1-3H3,(H,16,17). The lowest BCUT2D eigenvalue weighted by Crippen LogP contribution is -2.48. The molecule has 1 saturated heterocycles. The Bertz CT molecular complexity index is 525. The second-order valence-electron chi connectivity index (χ2n) is 5.10. The van der Waals surface area contributed by atoms with Gasteiger partial charge in [-0.3, -0.25) is 9.59 Å². The Morgan fingerprint density at radius 2 is 2.20 bits per heavy atom. The lowest BCUT2D eigenvalue weighted by atomic mass is 10.1. The number of carboxylic acids is 1. The molecule has 0 bridgehead atoms. The quantitative estimate of drug-likeness (QED) is 0.926. The van der Waals surface area contributed by atoms with Crippen molar-refractivity contribution in [1.29, 1.82) is 0 Å². The van der Waals surface area contributed by atoms with Crippen molar-refractivity contribution in [2.24, 2.45) is 0 Å². The Balaban J connectivity index is 2.28. The molecule has 6 heteroatoms. The lowest BCUT2D eigenvalue weighted by Gasteiger charge is -2.37. The first kappa shape index (κ1) is 15.0. The molecule has 1 fully saturated rings. The lowest BCUT2D eigenvalue weighted by molar-refractivity contribution is -0.136. The number of carbonyl (C=O) groups excluding carboxylic acids is 1. The van der Waals surface area contributed by atoms with Crippen molar-refractivity contribution < 1.29 is 19.1 Å². The first-order valence-electron chi connectivity index (χ1n) is 6.63. The van der Waals surface area contributed by atoms with E-state index in [-0.39, 0.29) is 24.1 Å². The third-order valence-corrected chi connectivity index (χ3v) is 5.06. The van der Waals surface area contributed by atoms with Gasteiger partial charge in [-0.15, -0.1) is 0 Å². The van der Waals surface area contributed by atoms with Gasteiger partial charge in [-0.1, -0.05) is 6.92 Å². The van der Waals surface area contributed by atoms with E-state index in [1.807, 2.05) is 23.6 Å². The Morgan fingerprint density at radius 3 is 2.85 bits per heavy atom. The van der Waals surface area contributed by atoms with Crippen LogP contribution in [0.3, 0.4) is 0 Å². The molecule has 1 aliphatic rings. The molecule has 110 valence electrons. The van der Waals surface area contributed by atoms with Crippen LogP contribution in [0.25, 0.3) is 0 Å². The minimum atomic E-state index is -0.996. The molecule has 2 atom stereocenters. The van der Waals surface area contributed by atoms with Gasteiger partial charge < -0.3 is 14.4 Å². The van der Waals surface area contributed by atoms with Crippen LogP contribution < -0.4 is 0 Å². The molecule has 0 spiro atoms. The Morgan fingerprint density at radius 1 is 1.50 bits per heavy atom. The van der Waals surface area contributed by atoms with Gasteiger partial charge in [0.2, 0.25) is 0 Å². The molecule has 20 heavy (non-hydrogen) atoms. The molecule has 2 rings (SSSR count).